The normalized spacial score (nSPS) is 21.2. The first kappa shape index (κ1) is 13.1. The van der Waals surface area contributed by atoms with Gasteiger partial charge in [0, 0.05) is 0 Å². The van der Waals surface area contributed by atoms with Crippen LogP contribution < -0.4 is 0 Å². The molecule has 0 aliphatic rings. The summed E-state index contributed by atoms with van der Waals surface area (Å²) in [7, 11) is -3.89. The van der Waals surface area contributed by atoms with E-state index in [9.17, 15) is 8.76 Å². The lowest BCUT2D eigenvalue weighted by Gasteiger charge is -2.22. The van der Waals surface area contributed by atoms with Crippen molar-refractivity contribution >= 4 is 7.68 Å². The van der Waals surface area contributed by atoms with Gasteiger partial charge >= 0.3 is 7.68 Å². The van der Waals surface area contributed by atoms with Crippen LogP contribution in [0.15, 0.2) is 0 Å². The molecule has 0 bridgehead atoms. The molecule has 0 aliphatic carbocycles. The van der Waals surface area contributed by atoms with Gasteiger partial charge in [-0.25, -0.2) is 0 Å². The van der Waals surface area contributed by atoms with Crippen molar-refractivity contribution < 1.29 is 13.3 Å². The molecule has 0 aromatic carbocycles. The lowest BCUT2D eigenvalue weighted by molar-refractivity contribution is 0.146. The summed E-state index contributed by atoms with van der Waals surface area (Å²) in [4.78, 5) is 0. The van der Waals surface area contributed by atoms with Crippen LogP contribution in [0.5, 0.6) is 0 Å². The zero-order valence-corrected chi connectivity index (χ0v) is 9.98. The third-order valence-corrected chi connectivity index (χ3v) is 4.23. The van der Waals surface area contributed by atoms with E-state index in [1.165, 1.54) is 0 Å². The van der Waals surface area contributed by atoms with Crippen molar-refractivity contribution in [3.05, 3.63) is 0 Å². The molecule has 0 amide bonds. The monoisotopic (exact) mass is 210 g/mol. The van der Waals surface area contributed by atoms with Crippen LogP contribution in [0, 0.1) is 5.92 Å². The minimum absolute atomic E-state index is 0.239. The molecule has 0 saturated heterocycles. The maximum absolute atomic E-state index is 13.3. The molecule has 80 valence electrons. The molecule has 0 rings (SSSR count). The van der Waals surface area contributed by atoms with E-state index in [1.54, 1.807) is 20.8 Å². The lowest BCUT2D eigenvalue weighted by atomic mass is 10.0. The quantitative estimate of drug-likeness (QED) is 0.641. The number of hydrogen-bond acceptors (Lipinski definition) is 2. The van der Waals surface area contributed by atoms with Gasteiger partial charge in [0.05, 0.1) is 11.8 Å². The molecule has 2 nitrogen and oxygen atoms in total. The Kier molecular flexibility index (Phi) is 5.16. The molecule has 0 aliphatic heterocycles. The smallest absolute Gasteiger partial charge is 0.302 e. The first-order valence-corrected chi connectivity index (χ1v) is 6.37. The highest BCUT2D eigenvalue weighted by Gasteiger charge is 2.30. The summed E-state index contributed by atoms with van der Waals surface area (Å²) in [5.74, 6) is 0.239. The summed E-state index contributed by atoms with van der Waals surface area (Å²) in [6.07, 6.45) is 0.627. The first-order valence-electron chi connectivity index (χ1n) is 4.79. The lowest BCUT2D eigenvalue weighted by Crippen LogP contribution is -2.17. The molecule has 3 unspecified atom stereocenters. The van der Waals surface area contributed by atoms with Gasteiger partial charge in [-0.05, 0) is 12.8 Å². The SMILES string of the molecule is CCC(C)C(C)OP(=O)(F)C(C)C. The molecular weight excluding hydrogens is 190 g/mol. The molecule has 0 fully saturated rings. The summed E-state index contributed by atoms with van der Waals surface area (Å²) in [6, 6.07) is 0. The summed E-state index contributed by atoms with van der Waals surface area (Å²) in [6.45, 7) is 8.88. The van der Waals surface area contributed by atoms with E-state index >= 15 is 0 Å². The average molecular weight is 210 g/mol. The van der Waals surface area contributed by atoms with E-state index in [-0.39, 0.29) is 12.0 Å². The maximum Gasteiger partial charge on any atom is 0.370 e. The summed E-state index contributed by atoms with van der Waals surface area (Å²) in [5.41, 5.74) is -0.543. The highest BCUT2D eigenvalue weighted by atomic mass is 31.2. The van der Waals surface area contributed by atoms with E-state index in [1.807, 2.05) is 13.8 Å². The summed E-state index contributed by atoms with van der Waals surface area (Å²) in [5, 5.41) is 0. The Bertz CT molecular complexity index is 194. The Morgan fingerprint density at radius 3 is 2.08 bits per heavy atom. The molecule has 0 aromatic rings. The molecule has 0 radical (unpaired) electrons. The van der Waals surface area contributed by atoms with Crippen molar-refractivity contribution in [2.24, 2.45) is 5.92 Å². The van der Waals surface area contributed by atoms with Crippen molar-refractivity contribution in [2.75, 3.05) is 0 Å². The van der Waals surface area contributed by atoms with E-state index in [0.717, 1.165) is 6.42 Å². The Labute approximate surface area is 80.4 Å². The predicted molar refractivity (Wildman–Crippen MR) is 53.9 cm³/mol. The van der Waals surface area contributed by atoms with Crippen LogP contribution in [0.2, 0.25) is 0 Å². The number of halogens is 1. The van der Waals surface area contributed by atoms with E-state index < -0.39 is 13.3 Å². The zero-order chi connectivity index (χ0) is 10.6. The number of rotatable bonds is 5. The highest BCUT2D eigenvalue weighted by molar-refractivity contribution is 7.54. The third kappa shape index (κ3) is 4.24. The Hall–Kier alpha value is 0.120. The molecule has 13 heavy (non-hydrogen) atoms. The highest BCUT2D eigenvalue weighted by Crippen LogP contribution is 2.54. The van der Waals surface area contributed by atoms with Gasteiger partial charge in [0.15, 0.2) is 0 Å². The summed E-state index contributed by atoms with van der Waals surface area (Å²) < 4.78 is 29.5. The van der Waals surface area contributed by atoms with Gasteiger partial charge < -0.3 is 4.52 Å². The van der Waals surface area contributed by atoms with Gasteiger partial charge in [0.25, 0.3) is 0 Å². The van der Waals surface area contributed by atoms with Crippen LogP contribution in [0.3, 0.4) is 0 Å². The Balaban J connectivity index is 4.19. The van der Waals surface area contributed by atoms with Gasteiger partial charge in [-0.3, -0.25) is 4.57 Å². The van der Waals surface area contributed by atoms with E-state index in [0.29, 0.717) is 0 Å². The maximum atomic E-state index is 13.3. The molecule has 0 N–H and O–H groups in total. The molecule has 0 heterocycles. The minimum atomic E-state index is -3.89. The second-order valence-electron chi connectivity index (χ2n) is 3.81. The molecule has 3 atom stereocenters. The van der Waals surface area contributed by atoms with Gasteiger partial charge in [-0.15, -0.1) is 0 Å². The Morgan fingerprint density at radius 2 is 1.77 bits per heavy atom. The second kappa shape index (κ2) is 5.11. The minimum Gasteiger partial charge on any atom is -0.302 e. The standard InChI is InChI=1S/C9H20FO2P/c1-6-8(4)9(5)12-13(10,11)7(2)3/h7-9H,6H2,1-5H3. The average Bonchev–Trinajstić information content (AvgIpc) is 2.01. The zero-order valence-electron chi connectivity index (χ0n) is 9.08. The predicted octanol–water partition coefficient (Wildman–Crippen LogP) is 4.01. The molecular formula is C9H20FO2P. The van der Waals surface area contributed by atoms with Crippen LogP contribution in [0.25, 0.3) is 0 Å². The van der Waals surface area contributed by atoms with Crippen LogP contribution in [0.1, 0.15) is 41.0 Å². The van der Waals surface area contributed by atoms with Gasteiger partial charge in [0.1, 0.15) is 0 Å². The molecule has 0 saturated carbocycles. The van der Waals surface area contributed by atoms with Crippen LogP contribution in [-0.2, 0) is 9.09 Å². The topological polar surface area (TPSA) is 26.3 Å². The van der Waals surface area contributed by atoms with E-state index in [2.05, 4.69) is 0 Å². The van der Waals surface area contributed by atoms with Crippen molar-refractivity contribution in [1.82, 2.24) is 0 Å². The van der Waals surface area contributed by atoms with Crippen molar-refractivity contribution in [2.45, 2.75) is 52.8 Å². The van der Waals surface area contributed by atoms with Crippen LogP contribution >= 0.6 is 7.68 Å². The fourth-order valence-corrected chi connectivity index (χ4v) is 1.69. The van der Waals surface area contributed by atoms with Crippen molar-refractivity contribution in [1.29, 1.82) is 0 Å². The molecule has 0 aromatic heterocycles. The molecule has 4 heteroatoms. The molecule has 0 spiro atoms. The van der Waals surface area contributed by atoms with Gasteiger partial charge in [0.2, 0.25) is 0 Å². The summed E-state index contributed by atoms with van der Waals surface area (Å²) >= 11 is 0. The third-order valence-electron chi connectivity index (χ3n) is 2.37. The van der Waals surface area contributed by atoms with Crippen molar-refractivity contribution in [3.8, 4) is 0 Å². The van der Waals surface area contributed by atoms with Crippen LogP contribution in [-0.4, -0.2) is 11.8 Å². The van der Waals surface area contributed by atoms with Crippen molar-refractivity contribution in [3.63, 3.8) is 0 Å². The second-order valence-corrected chi connectivity index (χ2v) is 6.10. The van der Waals surface area contributed by atoms with Crippen LogP contribution in [0.4, 0.5) is 4.20 Å². The first-order chi connectivity index (χ1) is 5.81. The fourth-order valence-electron chi connectivity index (χ4n) is 0.784. The Morgan fingerprint density at radius 1 is 1.31 bits per heavy atom. The fraction of sp³-hybridized carbons (Fsp3) is 1.00. The number of hydrogen-bond donors (Lipinski definition) is 0. The van der Waals surface area contributed by atoms with Gasteiger partial charge in [-0.2, -0.15) is 4.20 Å². The van der Waals surface area contributed by atoms with E-state index in [4.69, 9.17) is 4.52 Å². The largest absolute Gasteiger partial charge is 0.370 e. The van der Waals surface area contributed by atoms with Gasteiger partial charge in [-0.1, -0.05) is 34.1 Å².